The van der Waals surface area contributed by atoms with Gasteiger partial charge in [0.2, 0.25) is 5.95 Å². The summed E-state index contributed by atoms with van der Waals surface area (Å²) in [5.74, 6) is 3.18. The highest BCUT2D eigenvalue weighted by atomic mass is 16.1. The highest BCUT2D eigenvalue weighted by Crippen LogP contribution is 2.27. The summed E-state index contributed by atoms with van der Waals surface area (Å²) in [6.07, 6.45) is 9.84. The van der Waals surface area contributed by atoms with Crippen molar-refractivity contribution >= 4 is 22.7 Å². The second-order valence-corrected chi connectivity index (χ2v) is 10.9. The molecule has 4 heterocycles. The number of terminal acetylenes is 1. The molecule has 0 aliphatic carbocycles. The quantitative estimate of drug-likeness (QED) is 0.408. The SMILES string of the molecule is C#CCN1CCc2cc(Nc3ncc4c(=O)n(C(C)C)n(-c5ccnc(C(C)(C)C)c5)c4n3)ccc2C1. The normalized spacial score (nSPS) is 14.1. The Morgan fingerprint density at radius 3 is 2.68 bits per heavy atom. The summed E-state index contributed by atoms with van der Waals surface area (Å²) in [5.41, 5.74) is 5.61. The number of nitrogens with zero attached hydrogens (tertiary/aromatic N) is 6. The van der Waals surface area contributed by atoms with E-state index < -0.39 is 0 Å². The molecule has 5 rings (SSSR count). The van der Waals surface area contributed by atoms with Gasteiger partial charge in [0.1, 0.15) is 5.39 Å². The third-order valence-corrected chi connectivity index (χ3v) is 6.74. The first-order valence-electron chi connectivity index (χ1n) is 12.7. The van der Waals surface area contributed by atoms with Crippen LogP contribution in [0.4, 0.5) is 11.6 Å². The zero-order valence-electron chi connectivity index (χ0n) is 22.1. The zero-order valence-corrected chi connectivity index (χ0v) is 22.1. The molecule has 0 fully saturated rings. The monoisotopic (exact) mass is 495 g/mol. The van der Waals surface area contributed by atoms with Gasteiger partial charge in [-0.15, -0.1) is 6.42 Å². The van der Waals surface area contributed by atoms with E-state index in [1.165, 1.54) is 11.1 Å². The Hall–Kier alpha value is -3.96. The van der Waals surface area contributed by atoms with Crippen LogP contribution >= 0.6 is 0 Å². The minimum absolute atomic E-state index is 0.0703. The van der Waals surface area contributed by atoms with Gasteiger partial charge in [0, 0.05) is 48.3 Å². The van der Waals surface area contributed by atoms with E-state index in [9.17, 15) is 4.79 Å². The predicted octanol–water partition coefficient (Wildman–Crippen LogP) is 4.59. The molecule has 1 aliphatic heterocycles. The van der Waals surface area contributed by atoms with Crippen LogP contribution in [-0.4, -0.2) is 42.3 Å². The number of hydrogen-bond acceptors (Lipinski definition) is 6. The molecule has 0 saturated heterocycles. The summed E-state index contributed by atoms with van der Waals surface area (Å²) < 4.78 is 3.62. The van der Waals surface area contributed by atoms with E-state index in [1.807, 2.05) is 36.7 Å². The molecule has 0 atom stereocenters. The van der Waals surface area contributed by atoms with Crippen molar-refractivity contribution in [3.05, 3.63) is 69.9 Å². The lowest BCUT2D eigenvalue weighted by Crippen LogP contribution is -2.30. The van der Waals surface area contributed by atoms with Gasteiger partial charge < -0.3 is 5.32 Å². The van der Waals surface area contributed by atoms with Crippen molar-refractivity contribution in [2.24, 2.45) is 0 Å². The van der Waals surface area contributed by atoms with Crippen molar-refractivity contribution in [1.29, 1.82) is 0 Å². The van der Waals surface area contributed by atoms with Gasteiger partial charge >= 0.3 is 0 Å². The van der Waals surface area contributed by atoms with Crippen LogP contribution in [0.25, 0.3) is 16.7 Å². The van der Waals surface area contributed by atoms with Crippen LogP contribution in [0.1, 0.15) is 57.5 Å². The molecule has 0 saturated carbocycles. The van der Waals surface area contributed by atoms with Gasteiger partial charge in [-0.2, -0.15) is 4.98 Å². The first kappa shape index (κ1) is 24.7. The smallest absolute Gasteiger partial charge is 0.278 e. The fraction of sp³-hybridized carbons (Fsp3) is 0.379. The molecule has 3 aromatic heterocycles. The van der Waals surface area contributed by atoms with Crippen LogP contribution < -0.4 is 10.9 Å². The van der Waals surface area contributed by atoms with E-state index >= 15 is 0 Å². The van der Waals surface area contributed by atoms with Crippen molar-refractivity contribution in [1.82, 2.24) is 29.2 Å². The summed E-state index contributed by atoms with van der Waals surface area (Å²) in [6, 6.07) is 10.2. The number of anilines is 2. The zero-order chi connectivity index (χ0) is 26.3. The Morgan fingerprint density at radius 2 is 1.95 bits per heavy atom. The average molecular weight is 496 g/mol. The van der Waals surface area contributed by atoms with Crippen molar-refractivity contribution < 1.29 is 0 Å². The van der Waals surface area contributed by atoms with E-state index in [-0.39, 0.29) is 17.0 Å². The second-order valence-electron chi connectivity index (χ2n) is 10.9. The topological polar surface area (TPSA) is 80.9 Å². The lowest BCUT2D eigenvalue weighted by molar-refractivity contribution is 0.286. The van der Waals surface area contributed by atoms with Gasteiger partial charge in [-0.3, -0.25) is 14.7 Å². The standard InChI is InChI=1S/C29H33N7O/c1-7-13-34-14-11-20-15-22(9-8-21(20)18-34)32-28-31-17-24-26(33-28)36(35(19(2)3)27(24)37)23-10-12-30-25(16-23)29(4,5)6/h1,8-10,12,15-17,19H,11,13-14,18H2,2-6H3,(H,31,32,33). The Labute approximate surface area is 217 Å². The molecule has 1 aliphatic rings. The molecule has 0 unspecified atom stereocenters. The number of pyridine rings is 1. The van der Waals surface area contributed by atoms with Gasteiger partial charge in [0.25, 0.3) is 5.56 Å². The summed E-state index contributed by atoms with van der Waals surface area (Å²) in [7, 11) is 0. The number of rotatable bonds is 5. The van der Waals surface area contributed by atoms with Crippen molar-refractivity contribution in [3.63, 3.8) is 0 Å². The minimum Gasteiger partial charge on any atom is -0.324 e. The summed E-state index contributed by atoms with van der Waals surface area (Å²) in [4.78, 5) is 29.5. The van der Waals surface area contributed by atoms with E-state index in [4.69, 9.17) is 11.4 Å². The Kier molecular flexibility index (Phi) is 6.34. The maximum absolute atomic E-state index is 13.4. The Bertz CT molecular complexity index is 1570. The lowest BCUT2D eigenvalue weighted by Gasteiger charge is -2.27. The molecule has 0 bridgehead atoms. The number of nitrogens with one attached hydrogen (secondary N) is 1. The highest BCUT2D eigenvalue weighted by molar-refractivity contribution is 5.77. The summed E-state index contributed by atoms with van der Waals surface area (Å²) >= 11 is 0. The average Bonchev–Trinajstić information content (AvgIpc) is 3.16. The van der Waals surface area contributed by atoms with E-state index in [0.717, 1.165) is 36.6 Å². The van der Waals surface area contributed by atoms with E-state index in [2.05, 4.69) is 59.0 Å². The van der Waals surface area contributed by atoms with Gasteiger partial charge in [-0.1, -0.05) is 32.8 Å². The van der Waals surface area contributed by atoms with Crippen LogP contribution in [0, 0.1) is 12.3 Å². The van der Waals surface area contributed by atoms with Crippen LogP contribution in [0.3, 0.4) is 0 Å². The fourth-order valence-corrected chi connectivity index (χ4v) is 4.82. The Morgan fingerprint density at radius 1 is 1.14 bits per heavy atom. The van der Waals surface area contributed by atoms with Gasteiger partial charge in [0.15, 0.2) is 5.65 Å². The molecular weight excluding hydrogens is 462 g/mol. The van der Waals surface area contributed by atoms with Gasteiger partial charge in [-0.25, -0.2) is 14.3 Å². The second kappa shape index (κ2) is 9.49. The van der Waals surface area contributed by atoms with Crippen LogP contribution in [0.5, 0.6) is 0 Å². The van der Waals surface area contributed by atoms with Crippen LogP contribution in [0.2, 0.25) is 0 Å². The van der Waals surface area contributed by atoms with E-state index in [0.29, 0.717) is 23.5 Å². The Balaban J connectivity index is 1.55. The minimum atomic E-state index is -0.131. The first-order valence-corrected chi connectivity index (χ1v) is 12.7. The van der Waals surface area contributed by atoms with E-state index in [1.54, 1.807) is 17.1 Å². The molecule has 4 aromatic rings. The van der Waals surface area contributed by atoms with Crippen LogP contribution in [-0.2, 0) is 18.4 Å². The summed E-state index contributed by atoms with van der Waals surface area (Å²) in [5, 5.41) is 3.83. The van der Waals surface area contributed by atoms with Crippen LogP contribution in [0.15, 0.2) is 47.5 Å². The molecule has 8 heteroatoms. The van der Waals surface area contributed by atoms with Crippen molar-refractivity contribution in [2.45, 2.75) is 59.0 Å². The third-order valence-electron chi connectivity index (χ3n) is 6.74. The molecule has 37 heavy (non-hydrogen) atoms. The van der Waals surface area contributed by atoms with Gasteiger partial charge in [0.05, 0.1) is 12.2 Å². The maximum atomic E-state index is 13.4. The number of hydrogen-bond donors (Lipinski definition) is 1. The molecule has 1 N–H and O–H groups in total. The first-order chi connectivity index (χ1) is 17.7. The molecule has 0 spiro atoms. The van der Waals surface area contributed by atoms with Crippen molar-refractivity contribution in [3.8, 4) is 18.0 Å². The largest absolute Gasteiger partial charge is 0.324 e. The fourth-order valence-electron chi connectivity index (χ4n) is 4.82. The third kappa shape index (κ3) is 4.75. The maximum Gasteiger partial charge on any atom is 0.278 e. The molecule has 0 radical (unpaired) electrons. The summed E-state index contributed by atoms with van der Waals surface area (Å²) in [6.45, 7) is 12.8. The highest BCUT2D eigenvalue weighted by Gasteiger charge is 2.22. The molecule has 1 aromatic carbocycles. The molecule has 8 nitrogen and oxygen atoms in total. The lowest BCUT2D eigenvalue weighted by atomic mass is 9.91. The molecule has 190 valence electrons. The number of benzene rings is 1. The number of aromatic nitrogens is 5. The molecule has 0 amide bonds. The number of fused-ring (bicyclic) bond motifs is 2. The van der Waals surface area contributed by atoms with Crippen molar-refractivity contribution in [2.75, 3.05) is 18.4 Å². The predicted molar refractivity (Wildman–Crippen MR) is 148 cm³/mol. The molecular formula is C29H33N7O. The van der Waals surface area contributed by atoms with Gasteiger partial charge in [-0.05, 0) is 55.7 Å².